The van der Waals surface area contributed by atoms with Gasteiger partial charge in [0.25, 0.3) is 5.89 Å². The Morgan fingerprint density at radius 1 is 1.38 bits per heavy atom. The van der Waals surface area contributed by atoms with E-state index >= 15 is 0 Å². The summed E-state index contributed by atoms with van der Waals surface area (Å²) in [5.41, 5.74) is 6.04. The van der Waals surface area contributed by atoms with Crippen LogP contribution in [0.5, 0.6) is 0 Å². The van der Waals surface area contributed by atoms with Crippen molar-refractivity contribution in [2.45, 2.75) is 6.92 Å². The average molecular weight is 244 g/mol. The highest BCUT2D eigenvalue weighted by Crippen LogP contribution is 2.28. The lowest BCUT2D eigenvalue weighted by molar-refractivity contribution is 0.508. The Labute approximate surface area is 82.1 Å². The predicted octanol–water partition coefficient (Wildman–Crippen LogP) is 1.98. The van der Waals surface area contributed by atoms with Crippen molar-refractivity contribution in [1.29, 1.82) is 0 Å². The summed E-state index contributed by atoms with van der Waals surface area (Å²) in [6, 6.07) is 1.80. The van der Waals surface area contributed by atoms with Gasteiger partial charge in [-0.15, -0.1) is 5.10 Å². The average Bonchev–Trinajstić information content (AvgIpc) is 2.58. The van der Waals surface area contributed by atoms with Crippen molar-refractivity contribution < 1.29 is 8.83 Å². The minimum atomic E-state index is 0.0479. The predicted molar refractivity (Wildman–Crippen MR) is 48.8 cm³/mol. The molecule has 0 fully saturated rings. The van der Waals surface area contributed by atoms with Crippen LogP contribution in [0.15, 0.2) is 19.6 Å². The summed E-state index contributed by atoms with van der Waals surface area (Å²) in [5.74, 6) is 1.07. The number of hydrogen-bond acceptors (Lipinski definition) is 5. The summed E-state index contributed by atoms with van der Waals surface area (Å²) < 4.78 is 10.9. The maximum Gasteiger partial charge on any atom is 0.313 e. The first kappa shape index (κ1) is 8.31. The van der Waals surface area contributed by atoms with Crippen LogP contribution in [0.4, 0.5) is 6.01 Å². The number of nitrogens with zero attached hydrogens (tertiary/aromatic N) is 2. The highest BCUT2D eigenvalue weighted by molar-refractivity contribution is 9.10. The largest absolute Gasteiger partial charge is 0.454 e. The second kappa shape index (κ2) is 2.88. The first-order valence-corrected chi connectivity index (χ1v) is 4.31. The van der Waals surface area contributed by atoms with Gasteiger partial charge in [-0.25, -0.2) is 0 Å². The van der Waals surface area contributed by atoms with Gasteiger partial charge in [-0.05, 0) is 22.9 Å². The van der Waals surface area contributed by atoms with Gasteiger partial charge in [-0.3, -0.25) is 0 Å². The van der Waals surface area contributed by atoms with Gasteiger partial charge >= 0.3 is 6.01 Å². The van der Waals surface area contributed by atoms with E-state index in [-0.39, 0.29) is 6.01 Å². The van der Waals surface area contributed by atoms with Gasteiger partial charge < -0.3 is 14.6 Å². The van der Waals surface area contributed by atoms with Crippen LogP contribution >= 0.6 is 15.9 Å². The minimum absolute atomic E-state index is 0.0479. The lowest BCUT2D eigenvalue weighted by Gasteiger charge is -1.87. The van der Waals surface area contributed by atoms with Crippen LogP contribution in [0, 0.1) is 6.92 Å². The van der Waals surface area contributed by atoms with Crippen molar-refractivity contribution >= 4 is 21.9 Å². The molecule has 0 unspecified atom stereocenters. The van der Waals surface area contributed by atoms with Crippen LogP contribution in [0.3, 0.4) is 0 Å². The monoisotopic (exact) mass is 243 g/mol. The van der Waals surface area contributed by atoms with Gasteiger partial charge in [0.05, 0.1) is 5.56 Å². The SMILES string of the molecule is Cc1oc(Br)cc1-c1nnc(N)o1. The molecule has 2 heterocycles. The molecule has 5 nitrogen and oxygen atoms in total. The number of nitrogens with two attached hydrogens (primary N) is 1. The number of aryl methyl sites for hydroxylation is 1. The van der Waals surface area contributed by atoms with Crippen LogP contribution in [0.2, 0.25) is 0 Å². The van der Waals surface area contributed by atoms with E-state index in [0.717, 1.165) is 5.56 Å². The van der Waals surface area contributed by atoms with Crippen molar-refractivity contribution in [2.75, 3.05) is 5.73 Å². The quantitative estimate of drug-likeness (QED) is 0.829. The molecule has 0 aromatic carbocycles. The number of hydrogen-bond donors (Lipinski definition) is 1. The number of anilines is 1. The molecular weight excluding hydrogens is 238 g/mol. The first-order valence-electron chi connectivity index (χ1n) is 3.52. The first-order chi connectivity index (χ1) is 6.16. The van der Waals surface area contributed by atoms with E-state index in [2.05, 4.69) is 26.1 Å². The zero-order chi connectivity index (χ0) is 9.42. The Hall–Kier alpha value is -1.30. The molecule has 0 bridgehead atoms. The normalized spacial score (nSPS) is 10.6. The molecule has 0 aliphatic carbocycles. The molecular formula is C7H6BrN3O2. The van der Waals surface area contributed by atoms with Gasteiger partial charge in [0.15, 0.2) is 4.67 Å². The molecule has 2 aromatic heterocycles. The molecule has 0 aliphatic rings. The van der Waals surface area contributed by atoms with Crippen LogP contribution in [-0.4, -0.2) is 10.2 Å². The van der Waals surface area contributed by atoms with Gasteiger partial charge in [0, 0.05) is 6.07 Å². The second-order valence-corrected chi connectivity index (χ2v) is 3.25. The Kier molecular flexibility index (Phi) is 1.84. The fourth-order valence-electron chi connectivity index (χ4n) is 1.00. The van der Waals surface area contributed by atoms with Crippen LogP contribution < -0.4 is 5.73 Å². The molecule has 2 N–H and O–H groups in total. The molecule has 0 spiro atoms. The summed E-state index contributed by atoms with van der Waals surface area (Å²) in [7, 11) is 0. The summed E-state index contributed by atoms with van der Waals surface area (Å²) in [5, 5.41) is 7.29. The fourth-order valence-corrected chi connectivity index (χ4v) is 1.47. The van der Waals surface area contributed by atoms with Crippen LogP contribution in [-0.2, 0) is 0 Å². The van der Waals surface area contributed by atoms with Crippen molar-refractivity contribution in [3.8, 4) is 11.5 Å². The number of aromatic nitrogens is 2. The fraction of sp³-hybridized carbons (Fsp3) is 0.143. The Morgan fingerprint density at radius 2 is 2.15 bits per heavy atom. The van der Waals surface area contributed by atoms with Gasteiger partial charge in [0.2, 0.25) is 0 Å². The third-order valence-electron chi connectivity index (χ3n) is 1.56. The molecule has 6 heteroatoms. The maximum atomic E-state index is 5.29. The molecule has 0 saturated heterocycles. The smallest absolute Gasteiger partial charge is 0.313 e. The van der Waals surface area contributed by atoms with E-state index in [0.29, 0.717) is 16.3 Å². The Morgan fingerprint density at radius 3 is 2.62 bits per heavy atom. The standard InChI is InChI=1S/C7H6BrN3O2/c1-3-4(2-5(8)12-3)6-10-11-7(9)13-6/h2H,1H3,(H2,9,11). The van der Waals surface area contributed by atoms with Crippen LogP contribution in [0.1, 0.15) is 5.76 Å². The van der Waals surface area contributed by atoms with E-state index < -0.39 is 0 Å². The summed E-state index contributed by atoms with van der Waals surface area (Å²) in [6.07, 6.45) is 0. The second-order valence-electron chi connectivity index (χ2n) is 2.47. The highest BCUT2D eigenvalue weighted by atomic mass is 79.9. The van der Waals surface area contributed by atoms with E-state index in [1.807, 2.05) is 0 Å². The molecule has 13 heavy (non-hydrogen) atoms. The lowest BCUT2D eigenvalue weighted by atomic mass is 10.3. The van der Waals surface area contributed by atoms with E-state index in [9.17, 15) is 0 Å². The number of halogens is 1. The zero-order valence-electron chi connectivity index (χ0n) is 6.74. The van der Waals surface area contributed by atoms with E-state index in [1.165, 1.54) is 0 Å². The highest BCUT2D eigenvalue weighted by Gasteiger charge is 2.13. The molecule has 0 aliphatic heterocycles. The Bertz CT molecular complexity index is 435. The molecule has 2 rings (SSSR count). The number of nitrogen functional groups attached to an aromatic ring is 1. The van der Waals surface area contributed by atoms with Crippen molar-refractivity contribution in [3.05, 3.63) is 16.5 Å². The van der Waals surface area contributed by atoms with Crippen molar-refractivity contribution in [1.82, 2.24) is 10.2 Å². The minimum Gasteiger partial charge on any atom is -0.454 e. The molecule has 0 saturated carbocycles. The van der Waals surface area contributed by atoms with Gasteiger partial charge in [-0.2, -0.15) is 0 Å². The lowest BCUT2D eigenvalue weighted by Crippen LogP contribution is -1.81. The van der Waals surface area contributed by atoms with Crippen LogP contribution in [0.25, 0.3) is 11.5 Å². The molecule has 2 aromatic rings. The number of rotatable bonds is 1. The molecule has 0 amide bonds. The van der Waals surface area contributed by atoms with E-state index in [4.69, 9.17) is 14.6 Å². The Balaban J connectivity index is 2.51. The van der Waals surface area contributed by atoms with Crippen molar-refractivity contribution in [2.24, 2.45) is 0 Å². The van der Waals surface area contributed by atoms with Gasteiger partial charge in [-0.1, -0.05) is 5.10 Å². The summed E-state index contributed by atoms with van der Waals surface area (Å²) >= 11 is 3.20. The maximum absolute atomic E-state index is 5.29. The third kappa shape index (κ3) is 1.44. The topological polar surface area (TPSA) is 78.1 Å². The third-order valence-corrected chi connectivity index (χ3v) is 1.95. The van der Waals surface area contributed by atoms with E-state index in [1.54, 1.807) is 13.0 Å². The molecule has 0 atom stereocenters. The van der Waals surface area contributed by atoms with Crippen molar-refractivity contribution in [3.63, 3.8) is 0 Å². The molecule has 68 valence electrons. The zero-order valence-corrected chi connectivity index (χ0v) is 8.33. The summed E-state index contributed by atoms with van der Waals surface area (Å²) in [6.45, 7) is 1.81. The summed E-state index contributed by atoms with van der Waals surface area (Å²) in [4.78, 5) is 0. The number of furan rings is 1. The van der Waals surface area contributed by atoms with Gasteiger partial charge in [0.1, 0.15) is 5.76 Å². The molecule has 0 radical (unpaired) electrons.